The van der Waals surface area contributed by atoms with Crippen molar-refractivity contribution in [3.05, 3.63) is 59.4 Å². The maximum Gasteiger partial charge on any atom is 0.434 e. The van der Waals surface area contributed by atoms with Crippen molar-refractivity contribution in [3.8, 4) is 5.75 Å². The summed E-state index contributed by atoms with van der Waals surface area (Å²) in [6.07, 6.45) is 5.56. The molecular formula is C37H41F4N7O4. The van der Waals surface area contributed by atoms with Gasteiger partial charge in [-0.3, -0.25) is 4.79 Å². The van der Waals surface area contributed by atoms with Crippen LogP contribution in [0.2, 0.25) is 0 Å². The molecule has 4 unspecified atom stereocenters. The molecule has 1 saturated heterocycles. The van der Waals surface area contributed by atoms with Crippen LogP contribution in [0.4, 0.5) is 35.1 Å². The van der Waals surface area contributed by atoms with E-state index in [-0.39, 0.29) is 41.6 Å². The van der Waals surface area contributed by atoms with Gasteiger partial charge in [0.15, 0.2) is 11.5 Å². The van der Waals surface area contributed by atoms with Gasteiger partial charge in [0.1, 0.15) is 17.4 Å². The molecule has 2 N–H and O–H groups in total. The number of carboxylic acids is 1. The SMILES string of the molecule is CC1CC2CC(C1)C(NC(=O)c1cnc(N3CC4(CCCCC4)c4cc(O[C@@H]5CCN(c6ncc(F)cn6)C5)ccc43)nc1C(F)(F)F)(C(=O)O)C2. The largest absolute Gasteiger partial charge is 0.489 e. The molecule has 11 nitrogen and oxygen atoms in total. The number of hydrogen-bond donors (Lipinski definition) is 2. The third kappa shape index (κ3) is 6.09. The van der Waals surface area contributed by atoms with Crippen molar-refractivity contribution in [3.63, 3.8) is 0 Å². The van der Waals surface area contributed by atoms with Gasteiger partial charge in [0.2, 0.25) is 11.9 Å². The summed E-state index contributed by atoms with van der Waals surface area (Å²) in [6, 6.07) is 5.60. The van der Waals surface area contributed by atoms with Crippen LogP contribution in [0, 0.1) is 23.6 Å². The van der Waals surface area contributed by atoms with Crippen molar-refractivity contribution in [2.45, 2.75) is 94.4 Å². The van der Waals surface area contributed by atoms with Crippen LogP contribution in [-0.2, 0) is 16.4 Å². The summed E-state index contributed by atoms with van der Waals surface area (Å²) in [5.41, 5.74) is -2.53. The van der Waals surface area contributed by atoms with Gasteiger partial charge >= 0.3 is 12.1 Å². The number of rotatable bonds is 7. The summed E-state index contributed by atoms with van der Waals surface area (Å²) in [5, 5.41) is 12.8. The molecule has 3 aliphatic carbocycles. The van der Waals surface area contributed by atoms with E-state index in [1.807, 2.05) is 24.0 Å². The number of aliphatic carboxylic acids is 1. The van der Waals surface area contributed by atoms with Gasteiger partial charge in [0.25, 0.3) is 5.91 Å². The third-order valence-electron chi connectivity index (χ3n) is 12.0. The molecule has 276 valence electrons. The van der Waals surface area contributed by atoms with Crippen molar-refractivity contribution in [2.24, 2.45) is 17.8 Å². The summed E-state index contributed by atoms with van der Waals surface area (Å²) in [4.78, 5) is 46.3. The monoisotopic (exact) mass is 723 g/mol. The number of alkyl halides is 3. The Morgan fingerprint density at radius 2 is 1.77 bits per heavy atom. The van der Waals surface area contributed by atoms with E-state index in [4.69, 9.17) is 4.74 Å². The van der Waals surface area contributed by atoms with Gasteiger partial charge in [-0.2, -0.15) is 13.2 Å². The summed E-state index contributed by atoms with van der Waals surface area (Å²) in [6.45, 7) is 3.56. The van der Waals surface area contributed by atoms with Crippen LogP contribution in [0.1, 0.15) is 92.7 Å². The molecule has 3 aromatic rings. The van der Waals surface area contributed by atoms with Crippen LogP contribution in [0.25, 0.3) is 0 Å². The number of halogens is 4. The van der Waals surface area contributed by atoms with Gasteiger partial charge in [-0.1, -0.05) is 26.2 Å². The number of fused-ring (bicyclic) bond motifs is 4. The third-order valence-corrected chi connectivity index (χ3v) is 12.0. The van der Waals surface area contributed by atoms with E-state index in [9.17, 15) is 32.3 Å². The Bertz CT molecular complexity index is 1870. The van der Waals surface area contributed by atoms with E-state index in [1.165, 1.54) is 0 Å². The first-order chi connectivity index (χ1) is 24.8. The van der Waals surface area contributed by atoms with Crippen molar-refractivity contribution in [2.75, 3.05) is 29.4 Å². The predicted molar refractivity (Wildman–Crippen MR) is 181 cm³/mol. The Balaban J connectivity index is 1.07. The molecule has 52 heavy (non-hydrogen) atoms. The molecule has 5 aliphatic rings. The lowest BCUT2D eigenvalue weighted by Gasteiger charge is -2.34. The normalized spacial score (nSPS) is 27.9. The first-order valence-corrected chi connectivity index (χ1v) is 18.1. The zero-order valence-electron chi connectivity index (χ0n) is 28.8. The Morgan fingerprint density at radius 3 is 2.50 bits per heavy atom. The summed E-state index contributed by atoms with van der Waals surface area (Å²) >= 11 is 0. The lowest BCUT2D eigenvalue weighted by atomic mass is 9.71. The smallest absolute Gasteiger partial charge is 0.434 e. The van der Waals surface area contributed by atoms with E-state index in [2.05, 4.69) is 25.3 Å². The quantitative estimate of drug-likeness (QED) is 0.262. The first kappa shape index (κ1) is 34.5. The number of hydrogen-bond acceptors (Lipinski definition) is 9. The molecule has 15 heteroatoms. The van der Waals surface area contributed by atoms with Crippen LogP contribution < -0.4 is 19.9 Å². The van der Waals surface area contributed by atoms with Crippen LogP contribution in [0.3, 0.4) is 0 Å². The lowest BCUT2D eigenvalue weighted by molar-refractivity contribution is -0.146. The van der Waals surface area contributed by atoms with Crippen LogP contribution in [-0.4, -0.2) is 68.2 Å². The van der Waals surface area contributed by atoms with E-state index >= 15 is 0 Å². The van der Waals surface area contributed by atoms with Crippen LogP contribution in [0.15, 0.2) is 36.8 Å². The Labute approximate surface area is 298 Å². The molecule has 5 atom stereocenters. The van der Waals surface area contributed by atoms with Gasteiger partial charge in [-0.15, -0.1) is 0 Å². The molecule has 1 amide bonds. The van der Waals surface area contributed by atoms with Crippen molar-refractivity contribution in [1.82, 2.24) is 25.3 Å². The second-order valence-electron chi connectivity index (χ2n) is 15.5. The highest BCUT2D eigenvalue weighted by Gasteiger charge is 2.57. The number of carboxylic acid groups (broad SMARTS) is 1. The zero-order chi connectivity index (χ0) is 36.4. The van der Waals surface area contributed by atoms with E-state index in [0.717, 1.165) is 62.7 Å². The average Bonchev–Trinajstić information content (AvgIpc) is 3.77. The molecular weight excluding hydrogens is 682 g/mol. The molecule has 2 aliphatic heterocycles. The van der Waals surface area contributed by atoms with E-state index in [0.29, 0.717) is 56.3 Å². The summed E-state index contributed by atoms with van der Waals surface area (Å²) in [7, 11) is 0. The van der Waals surface area contributed by atoms with Crippen molar-refractivity contribution in [1.29, 1.82) is 0 Å². The van der Waals surface area contributed by atoms with Gasteiger partial charge in [0, 0.05) is 36.8 Å². The molecule has 4 heterocycles. The molecule has 8 rings (SSSR count). The minimum Gasteiger partial charge on any atom is -0.489 e. The first-order valence-electron chi connectivity index (χ1n) is 18.1. The Kier molecular flexibility index (Phi) is 8.52. The molecule has 3 saturated carbocycles. The molecule has 0 radical (unpaired) electrons. The molecule has 1 aromatic carbocycles. The highest BCUT2D eigenvalue weighted by Crippen LogP contribution is 2.53. The minimum atomic E-state index is -5.00. The van der Waals surface area contributed by atoms with Gasteiger partial charge in [0.05, 0.1) is 24.5 Å². The number of nitrogens with zero attached hydrogens (tertiary/aromatic N) is 6. The average molecular weight is 724 g/mol. The van der Waals surface area contributed by atoms with E-state index in [1.54, 1.807) is 11.0 Å². The standard InChI is InChI=1S/C37H41F4N7O4/c1-21-11-22-13-23(12-21)36(15-22,32(50)51)46-31(49)27-18-44-34(45-30(27)37(39,40)41)48-20-35(8-3-2-4-9-35)28-14-25(5-6-29(28)48)52-26-7-10-47(19-26)33-42-16-24(38)17-43-33/h5-6,14,16-18,21-23,26H,2-4,7-13,15,19-20H2,1H3,(H,46,49)(H,50,51)/t21?,22?,23?,26-,36?/m1/s1. The molecule has 2 aromatic heterocycles. The molecule has 1 spiro atoms. The number of aromatic nitrogens is 4. The number of nitrogens with one attached hydrogen (secondary N) is 1. The topological polar surface area (TPSA) is 134 Å². The molecule has 2 bridgehead atoms. The predicted octanol–water partition coefficient (Wildman–Crippen LogP) is 6.45. The fourth-order valence-corrected chi connectivity index (χ4v) is 9.78. The number of carbonyl (C=O) groups excluding carboxylic acids is 1. The van der Waals surface area contributed by atoms with E-state index < -0.39 is 40.7 Å². The maximum absolute atomic E-state index is 14.7. The number of anilines is 3. The van der Waals surface area contributed by atoms with Crippen molar-refractivity contribution < 1.29 is 37.0 Å². The number of ether oxygens (including phenoxy) is 1. The van der Waals surface area contributed by atoms with Crippen LogP contribution in [0.5, 0.6) is 5.75 Å². The second kappa shape index (κ2) is 12.8. The number of amides is 1. The zero-order valence-corrected chi connectivity index (χ0v) is 28.8. The Hall–Kier alpha value is -4.56. The minimum absolute atomic E-state index is 0.0861. The van der Waals surface area contributed by atoms with Gasteiger partial charge < -0.3 is 25.0 Å². The highest BCUT2D eigenvalue weighted by atomic mass is 19.4. The fourth-order valence-electron chi connectivity index (χ4n) is 9.78. The lowest BCUT2D eigenvalue weighted by Crippen LogP contribution is -2.57. The fraction of sp³-hybridized carbons (Fsp3) is 0.568. The highest BCUT2D eigenvalue weighted by molar-refractivity contribution is 5.99. The summed E-state index contributed by atoms with van der Waals surface area (Å²) < 4.78 is 63.9. The Morgan fingerprint density at radius 1 is 1.02 bits per heavy atom. The number of benzene rings is 1. The molecule has 4 fully saturated rings. The second-order valence-corrected chi connectivity index (χ2v) is 15.5. The maximum atomic E-state index is 14.7. The van der Waals surface area contributed by atoms with Gasteiger partial charge in [-0.05, 0) is 80.0 Å². The summed E-state index contributed by atoms with van der Waals surface area (Å²) in [5.74, 6) is -1.99. The van der Waals surface area contributed by atoms with Crippen molar-refractivity contribution >= 4 is 29.5 Å². The van der Waals surface area contributed by atoms with Crippen LogP contribution >= 0.6 is 0 Å². The van der Waals surface area contributed by atoms with Gasteiger partial charge in [-0.25, -0.2) is 29.1 Å². The number of carbonyl (C=O) groups is 2.